The van der Waals surface area contributed by atoms with Gasteiger partial charge in [0.15, 0.2) is 11.5 Å². The number of ether oxygens (including phenoxy) is 10. The minimum atomic E-state index is -0.0296. The third kappa shape index (κ3) is 17.0. The van der Waals surface area contributed by atoms with Crippen LogP contribution in [0.15, 0.2) is 278 Å². The lowest BCUT2D eigenvalue weighted by Gasteiger charge is -2.23. The number of hydrogen-bond acceptors (Lipinski definition) is 11. The van der Waals surface area contributed by atoms with Crippen LogP contribution in [0.25, 0.3) is 0 Å². The highest BCUT2D eigenvalue weighted by Gasteiger charge is 2.24. The monoisotopic (exact) mass is 1170 g/mol. The number of benzene rings is 11. The normalized spacial score (nSPS) is 10.8. The Labute approximate surface area is 514 Å². The molecule has 11 aromatic carbocycles. The highest BCUT2D eigenvalue weighted by molar-refractivity contribution is 7.80. The van der Waals surface area contributed by atoms with Gasteiger partial charge in [-0.1, -0.05) is 200 Å². The van der Waals surface area contributed by atoms with Gasteiger partial charge in [0.05, 0.1) is 16.7 Å². The summed E-state index contributed by atoms with van der Waals surface area (Å²) in [5, 5.41) is 0. The zero-order valence-electron chi connectivity index (χ0n) is 48.1. The van der Waals surface area contributed by atoms with E-state index in [1.54, 1.807) is 0 Å². The second-order valence-corrected chi connectivity index (χ2v) is 20.9. The molecule has 0 aliphatic rings. The first-order chi connectivity index (χ1) is 43.0. The number of thiol groups is 1. The van der Waals surface area contributed by atoms with Crippen molar-refractivity contribution in [1.29, 1.82) is 0 Å². The predicted molar refractivity (Wildman–Crippen MR) is 341 cm³/mol. The van der Waals surface area contributed by atoms with E-state index < -0.39 is 0 Å². The van der Waals surface area contributed by atoms with E-state index in [9.17, 15) is 0 Å². The summed E-state index contributed by atoms with van der Waals surface area (Å²) in [6.45, 7) is 1.98. The Morgan fingerprint density at radius 1 is 0.195 bits per heavy atom. The minimum Gasteiger partial charge on any atom is -0.489 e. The van der Waals surface area contributed by atoms with Crippen LogP contribution in [0.5, 0.6) is 57.5 Å². The van der Waals surface area contributed by atoms with Gasteiger partial charge in [-0.15, -0.1) is 12.6 Å². The first kappa shape index (κ1) is 58.5. The van der Waals surface area contributed by atoms with Crippen LogP contribution in [-0.2, 0) is 66.1 Å². The molecule has 0 unspecified atom stereocenters. The highest BCUT2D eigenvalue weighted by atomic mass is 32.1. The van der Waals surface area contributed by atoms with E-state index in [0.29, 0.717) is 114 Å². The quantitative estimate of drug-likeness (QED) is 0.0439. The van der Waals surface area contributed by atoms with Crippen LogP contribution in [0.1, 0.15) is 55.6 Å². The Morgan fingerprint density at radius 2 is 0.437 bits per heavy atom. The fraction of sp³-hybridized carbons (Fsp3) is 0.132. The first-order valence-electron chi connectivity index (χ1n) is 28.9. The molecule has 0 amide bonds. The molecule has 436 valence electrons. The molecule has 11 rings (SSSR count). The largest absolute Gasteiger partial charge is 0.489 e. The molecule has 0 N–H and O–H groups in total. The molecule has 0 aromatic heterocycles. The summed E-state index contributed by atoms with van der Waals surface area (Å²) in [4.78, 5) is 0.816. The molecule has 11 heteroatoms. The average molecular weight is 1170 g/mol. The number of hydrogen-bond donors (Lipinski definition) is 1. The van der Waals surface area contributed by atoms with Crippen molar-refractivity contribution in [3.05, 3.63) is 329 Å². The molecule has 10 nitrogen and oxygen atoms in total. The molecule has 0 aliphatic carbocycles. The van der Waals surface area contributed by atoms with Crippen LogP contribution in [0.3, 0.4) is 0 Å². The molecule has 11 aromatic rings. The van der Waals surface area contributed by atoms with E-state index in [4.69, 9.17) is 47.4 Å². The van der Waals surface area contributed by atoms with E-state index in [-0.39, 0.29) is 26.4 Å². The van der Waals surface area contributed by atoms with Gasteiger partial charge in [0.2, 0.25) is 5.75 Å². The van der Waals surface area contributed by atoms with Gasteiger partial charge in [-0.3, -0.25) is 0 Å². The summed E-state index contributed by atoms with van der Waals surface area (Å²) in [5.41, 5.74) is 8.82. The van der Waals surface area contributed by atoms with Crippen LogP contribution >= 0.6 is 12.6 Å². The Morgan fingerprint density at radius 3 is 0.713 bits per heavy atom. The van der Waals surface area contributed by atoms with E-state index in [1.165, 1.54) is 0 Å². The van der Waals surface area contributed by atoms with Crippen LogP contribution in [0.4, 0.5) is 0 Å². The Kier molecular flexibility index (Phi) is 20.5. The summed E-state index contributed by atoms with van der Waals surface area (Å²) in [5.74, 6) is 5.20. The van der Waals surface area contributed by atoms with E-state index >= 15 is 0 Å². The van der Waals surface area contributed by atoms with Gasteiger partial charge in [0.25, 0.3) is 0 Å². The summed E-state index contributed by atoms with van der Waals surface area (Å²) in [6.07, 6.45) is 0. The van der Waals surface area contributed by atoms with Gasteiger partial charge in [0.1, 0.15) is 106 Å². The lowest BCUT2D eigenvalue weighted by Crippen LogP contribution is -2.10. The minimum absolute atomic E-state index is 0.00551. The van der Waals surface area contributed by atoms with Gasteiger partial charge in [-0.05, 0) is 112 Å². The second-order valence-electron chi connectivity index (χ2n) is 20.4. The highest BCUT2D eigenvalue weighted by Crippen LogP contribution is 2.44. The first-order valence-corrected chi connectivity index (χ1v) is 29.3. The molecule has 0 bridgehead atoms. The average Bonchev–Trinajstić information content (AvgIpc) is 3.75. The van der Waals surface area contributed by atoms with Crippen LogP contribution < -0.4 is 47.4 Å². The van der Waals surface area contributed by atoms with Gasteiger partial charge in [0, 0.05) is 4.90 Å². The molecule has 0 heterocycles. The van der Waals surface area contributed by atoms with Crippen molar-refractivity contribution >= 4 is 12.6 Å². The van der Waals surface area contributed by atoms with Crippen molar-refractivity contribution in [2.24, 2.45) is 0 Å². The molecule has 0 radical (unpaired) electrons. The zero-order chi connectivity index (χ0) is 59.1. The third-order valence-electron chi connectivity index (χ3n) is 14.1. The summed E-state index contributed by atoms with van der Waals surface area (Å²) >= 11 is 4.53. The standard InChI is InChI=1S/C76H66O10S/c87-64-42-40-63(41-43-64)77-52-62-44-74(84-53-65-68(78-46-56-22-7-1-8-23-56)34-19-35-69(65)79-47-57-24-9-2-10-25-57)76(86-55-67-72(82-50-60-30-15-5-16-31-60)38-21-39-73(67)83-51-61-32-17-6-18-33-61)75(45-62)85-54-66-70(80-48-58-26-11-3-12-27-58)36-20-37-71(66)81-49-59-28-13-4-14-29-59/h1-45,87H,46-55H2. The predicted octanol–water partition coefficient (Wildman–Crippen LogP) is 17.8. The summed E-state index contributed by atoms with van der Waals surface area (Å²) < 4.78 is 67.8. The molecule has 87 heavy (non-hydrogen) atoms. The van der Waals surface area contributed by atoms with E-state index in [0.717, 1.165) is 43.8 Å². The SMILES string of the molecule is Sc1ccc(OCc2cc(OCc3c(OCc4ccccc4)cccc3OCc3ccccc3)c(OCc3c(OCc4ccccc4)cccc3OCc3ccccc3)c(OCc3c(OCc4ccccc4)cccc3OCc3ccccc3)c2)cc1. The Hall–Kier alpha value is -10.2. The molecule has 0 atom stereocenters. The van der Waals surface area contributed by atoms with Crippen molar-refractivity contribution in [1.82, 2.24) is 0 Å². The molecular formula is C76H66O10S. The topological polar surface area (TPSA) is 92.3 Å². The second kappa shape index (κ2) is 30.5. The Balaban J connectivity index is 1.01. The van der Waals surface area contributed by atoms with Crippen molar-refractivity contribution in [3.8, 4) is 57.5 Å². The van der Waals surface area contributed by atoms with Gasteiger partial charge in [-0.25, -0.2) is 0 Å². The van der Waals surface area contributed by atoms with Crippen LogP contribution in [0.2, 0.25) is 0 Å². The summed E-state index contributed by atoms with van der Waals surface area (Å²) in [7, 11) is 0. The van der Waals surface area contributed by atoms with Crippen molar-refractivity contribution in [2.45, 2.75) is 71.0 Å². The smallest absolute Gasteiger partial charge is 0.203 e. The lowest BCUT2D eigenvalue weighted by atomic mass is 10.1. The molecule has 0 saturated heterocycles. The van der Waals surface area contributed by atoms with Crippen molar-refractivity contribution < 1.29 is 47.4 Å². The lowest BCUT2D eigenvalue weighted by molar-refractivity contribution is 0.209. The maximum atomic E-state index is 7.21. The maximum Gasteiger partial charge on any atom is 0.203 e. The van der Waals surface area contributed by atoms with Gasteiger partial charge in [-0.2, -0.15) is 0 Å². The summed E-state index contributed by atoms with van der Waals surface area (Å²) in [6, 6.07) is 89.0. The maximum absolute atomic E-state index is 7.21. The molecule has 0 spiro atoms. The van der Waals surface area contributed by atoms with Gasteiger partial charge < -0.3 is 47.4 Å². The third-order valence-corrected chi connectivity index (χ3v) is 14.4. The van der Waals surface area contributed by atoms with E-state index in [1.807, 2.05) is 273 Å². The van der Waals surface area contributed by atoms with Crippen molar-refractivity contribution in [2.75, 3.05) is 0 Å². The van der Waals surface area contributed by atoms with Crippen LogP contribution in [-0.4, -0.2) is 0 Å². The molecule has 0 aliphatic heterocycles. The van der Waals surface area contributed by atoms with Crippen LogP contribution in [0, 0.1) is 0 Å². The molecule has 0 saturated carbocycles. The fourth-order valence-corrected chi connectivity index (χ4v) is 9.66. The Bertz CT molecular complexity index is 3530. The zero-order valence-corrected chi connectivity index (χ0v) is 49.0. The van der Waals surface area contributed by atoms with Crippen molar-refractivity contribution in [3.63, 3.8) is 0 Å². The molecular weight excluding hydrogens is 1100 g/mol. The fourth-order valence-electron chi connectivity index (χ4n) is 9.51. The van der Waals surface area contributed by atoms with Gasteiger partial charge >= 0.3 is 0 Å². The molecule has 0 fully saturated rings. The number of rotatable bonds is 30. The van der Waals surface area contributed by atoms with E-state index in [2.05, 4.69) is 12.6 Å².